The molecule has 0 aromatic rings. The molecule has 0 radical (unpaired) electrons. The molecule has 1 N–H and O–H groups in total. The van der Waals surface area contributed by atoms with Gasteiger partial charge in [0.2, 0.25) is 0 Å². The van der Waals surface area contributed by atoms with Gasteiger partial charge in [0.25, 0.3) is 0 Å². The Balaban J connectivity index is 2.39. The van der Waals surface area contributed by atoms with Crippen LogP contribution in [0.25, 0.3) is 0 Å². The Morgan fingerprint density at radius 1 is 1.40 bits per heavy atom. The van der Waals surface area contributed by atoms with Gasteiger partial charge < -0.3 is 5.32 Å². The van der Waals surface area contributed by atoms with Crippen molar-refractivity contribution in [1.82, 2.24) is 5.32 Å². The molecule has 2 heteroatoms. The molecule has 1 aliphatic heterocycles. The van der Waals surface area contributed by atoms with Crippen molar-refractivity contribution in [3.63, 3.8) is 0 Å². The second-order valence-electron chi connectivity index (χ2n) is 3.93. The Hall–Kier alpha value is 0.310. The van der Waals surface area contributed by atoms with Gasteiger partial charge in [0.15, 0.2) is 0 Å². The Morgan fingerprint density at radius 2 is 2.10 bits per heavy atom. The van der Waals surface area contributed by atoms with E-state index in [1.54, 1.807) is 0 Å². The van der Waals surface area contributed by atoms with Crippen molar-refractivity contribution < 1.29 is 0 Å². The standard InChI is InChI=1S/C8H17NS/c1-8(2,3)7-6-9-4-5-10-7/h7,9H,4-6H2,1-3H3/t7-/m0/s1. The van der Waals surface area contributed by atoms with E-state index in [1.807, 2.05) is 0 Å². The van der Waals surface area contributed by atoms with Crippen LogP contribution in [-0.4, -0.2) is 24.1 Å². The van der Waals surface area contributed by atoms with Crippen molar-refractivity contribution in [2.24, 2.45) is 5.41 Å². The minimum atomic E-state index is 0.470. The molecule has 1 aliphatic rings. The van der Waals surface area contributed by atoms with Crippen molar-refractivity contribution in [2.75, 3.05) is 18.8 Å². The molecule has 1 rings (SSSR count). The number of hydrogen-bond donors (Lipinski definition) is 1. The lowest BCUT2D eigenvalue weighted by molar-refractivity contribution is 0.377. The normalized spacial score (nSPS) is 28.5. The van der Waals surface area contributed by atoms with Crippen molar-refractivity contribution in [2.45, 2.75) is 26.0 Å². The molecular weight excluding hydrogens is 142 g/mol. The van der Waals surface area contributed by atoms with Gasteiger partial charge in [0.05, 0.1) is 0 Å². The van der Waals surface area contributed by atoms with Gasteiger partial charge in [-0.2, -0.15) is 11.8 Å². The zero-order valence-corrected chi connectivity index (χ0v) is 7.92. The molecule has 0 aromatic carbocycles. The third-order valence-electron chi connectivity index (χ3n) is 1.89. The molecule has 1 heterocycles. The molecule has 0 unspecified atom stereocenters. The average Bonchev–Trinajstić information content (AvgIpc) is 1.88. The van der Waals surface area contributed by atoms with E-state index in [1.165, 1.54) is 18.8 Å². The summed E-state index contributed by atoms with van der Waals surface area (Å²) in [6, 6.07) is 0. The quantitative estimate of drug-likeness (QED) is 0.578. The van der Waals surface area contributed by atoms with Crippen LogP contribution in [0.5, 0.6) is 0 Å². The molecule has 0 bridgehead atoms. The Morgan fingerprint density at radius 3 is 2.40 bits per heavy atom. The summed E-state index contributed by atoms with van der Waals surface area (Å²) >= 11 is 2.11. The first-order chi connectivity index (χ1) is 4.61. The highest BCUT2D eigenvalue weighted by atomic mass is 32.2. The first kappa shape index (κ1) is 8.41. The summed E-state index contributed by atoms with van der Waals surface area (Å²) in [5.41, 5.74) is 0.470. The number of nitrogens with one attached hydrogen (secondary N) is 1. The van der Waals surface area contributed by atoms with Crippen LogP contribution in [-0.2, 0) is 0 Å². The van der Waals surface area contributed by atoms with E-state index >= 15 is 0 Å². The van der Waals surface area contributed by atoms with Crippen molar-refractivity contribution >= 4 is 11.8 Å². The first-order valence-electron chi connectivity index (χ1n) is 3.93. The maximum Gasteiger partial charge on any atom is 0.0221 e. The van der Waals surface area contributed by atoms with E-state index < -0.39 is 0 Å². The molecule has 1 saturated heterocycles. The van der Waals surface area contributed by atoms with Crippen LogP contribution in [0.15, 0.2) is 0 Å². The largest absolute Gasteiger partial charge is 0.315 e. The Labute approximate surface area is 68.0 Å². The van der Waals surface area contributed by atoms with Crippen LogP contribution in [0, 0.1) is 5.41 Å². The van der Waals surface area contributed by atoms with E-state index in [0.717, 1.165) is 5.25 Å². The third kappa shape index (κ3) is 2.17. The Bertz CT molecular complexity index is 100. The lowest BCUT2D eigenvalue weighted by Gasteiger charge is -2.33. The molecule has 1 nitrogen and oxygen atoms in total. The van der Waals surface area contributed by atoms with E-state index in [9.17, 15) is 0 Å². The average molecular weight is 159 g/mol. The lowest BCUT2D eigenvalue weighted by atomic mass is 9.91. The van der Waals surface area contributed by atoms with Crippen molar-refractivity contribution in [1.29, 1.82) is 0 Å². The zero-order chi connectivity index (χ0) is 7.61. The van der Waals surface area contributed by atoms with Crippen LogP contribution >= 0.6 is 11.8 Å². The number of rotatable bonds is 0. The summed E-state index contributed by atoms with van der Waals surface area (Å²) in [6.07, 6.45) is 0. The molecular formula is C8H17NS. The predicted octanol–water partition coefficient (Wildman–Crippen LogP) is 1.74. The SMILES string of the molecule is CC(C)(C)[C@@H]1CNCCS1. The highest BCUT2D eigenvalue weighted by Gasteiger charge is 2.26. The summed E-state index contributed by atoms with van der Waals surface area (Å²) in [7, 11) is 0. The van der Waals surface area contributed by atoms with Crippen molar-refractivity contribution in [3.8, 4) is 0 Å². The molecule has 0 amide bonds. The Kier molecular flexibility index (Phi) is 2.64. The van der Waals surface area contributed by atoms with Gasteiger partial charge in [-0.1, -0.05) is 20.8 Å². The monoisotopic (exact) mass is 159 g/mol. The predicted molar refractivity (Wildman–Crippen MR) is 48.6 cm³/mol. The van der Waals surface area contributed by atoms with Gasteiger partial charge >= 0.3 is 0 Å². The highest BCUT2D eigenvalue weighted by molar-refractivity contribution is 8.00. The van der Waals surface area contributed by atoms with Gasteiger partial charge in [0.1, 0.15) is 0 Å². The van der Waals surface area contributed by atoms with Crippen LogP contribution in [0.1, 0.15) is 20.8 Å². The summed E-state index contributed by atoms with van der Waals surface area (Å²) in [4.78, 5) is 0. The van der Waals surface area contributed by atoms with Gasteiger partial charge in [0, 0.05) is 24.1 Å². The van der Waals surface area contributed by atoms with Gasteiger partial charge in [-0.3, -0.25) is 0 Å². The molecule has 60 valence electrons. The highest BCUT2D eigenvalue weighted by Crippen LogP contribution is 2.30. The maximum absolute atomic E-state index is 3.42. The van der Waals surface area contributed by atoms with Crippen LogP contribution in [0.4, 0.5) is 0 Å². The second-order valence-corrected chi connectivity index (χ2v) is 5.24. The molecule has 0 aromatic heterocycles. The van der Waals surface area contributed by atoms with E-state index in [4.69, 9.17) is 0 Å². The first-order valence-corrected chi connectivity index (χ1v) is 4.98. The molecule has 1 atom stereocenters. The van der Waals surface area contributed by atoms with Crippen molar-refractivity contribution in [3.05, 3.63) is 0 Å². The molecule has 0 aliphatic carbocycles. The van der Waals surface area contributed by atoms with Crippen LogP contribution < -0.4 is 5.32 Å². The summed E-state index contributed by atoms with van der Waals surface area (Å²) in [6.45, 7) is 9.33. The number of hydrogen-bond acceptors (Lipinski definition) is 2. The fraction of sp³-hybridized carbons (Fsp3) is 1.00. The molecule has 10 heavy (non-hydrogen) atoms. The summed E-state index contributed by atoms with van der Waals surface area (Å²) in [5, 5.41) is 4.23. The zero-order valence-electron chi connectivity index (χ0n) is 7.11. The van der Waals surface area contributed by atoms with E-state index in [-0.39, 0.29) is 0 Å². The maximum atomic E-state index is 3.42. The summed E-state index contributed by atoms with van der Waals surface area (Å²) in [5.74, 6) is 1.28. The fourth-order valence-electron chi connectivity index (χ4n) is 1.12. The number of thioether (sulfide) groups is 1. The van der Waals surface area contributed by atoms with Gasteiger partial charge in [-0.05, 0) is 5.41 Å². The summed E-state index contributed by atoms with van der Waals surface area (Å²) < 4.78 is 0. The van der Waals surface area contributed by atoms with Crippen LogP contribution in [0.3, 0.4) is 0 Å². The van der Waals surface area contributed by atoms with E-state index in [0.29, 0.717) is 5.41 Å². The molecule has 0 saturated carbocycles. The third-order valence-corrected chi connectivity index (χ3v) is 3.61. The molecule has 0 spiro atoms. The lowest BCUT2D eigenvalue weighted by Crippen LogP contribution is -2.39. The van der Waals surface area contributed by atoms with Crippen LogP contribution in [0.2, 0.25) is 0 Å². The smallest absolute Gasteiger partial charge is 0.0221 e. The molecule has 1 fully saturated rings. The second kappa shape index (κ2) is 3.14. The minimum absolute atomic E-state index is 0.470. The van der Waals surface area contributed by atoms with E-state index in [2.05, 4.69) is 37.8 Å². The minimum Gasteiger partial charge on any atom is -0.315 e. The van der Waals surface area contributed by atoms with Gasteiger partial charge in [-0.25, -0.2) is 0 Å². The topological polar surface area (TPSA) is 12.0 Å². The fourth-order valence-corrected chi connectivity index (χ4v) is 2.40. The van der Waals surface area contributed by atoms with Gasteiger partial charge in [-0.15, -0.1) is 0 Å².